The van der Waals surface area contributed by atoms with Crippen molar-refractivity contribution in [3.05, 3.63) is 161 Å². The van der Waals surface area contributed by atoms with E-state index in [0.717, 1.165) is 16.0 Å². The van der Waals surface area contributed by atoms with Gasteiger partial charge in [-0.1, -0.05) is 97.1 Å². The van der Waals surface area contributed by atoms with Crippen molar-refractivity contribution in [3.8, 4) is 16.9 Å². The zero-order chi connectivity index (χ0) is 44.0. The number of nitrogens with zero attached hydrogens (tertiary/aromatic N) is 1. The lowest BCUT2D eigenvalue weighted by Gasteiger charge is -2.30. The minimum absolute atomic E-state index is 0.0401. The topological polar surface area (TPSA) is 173 Å². The summed E-state index contributed by atoms with van der Waals surface area (Å²) in [5.41, 5.74) is 4.73. The number of amides is 4. The molecule has 0 fully saturated rings. The average molecular weight is 845 g/mol. The molecular formula is C48H49FN4O9. The normalized spacial score (nSPS) is 16.5. The smallest absolute Gasteiger partial charge is 0.408 e. The summed E-state index contributed by atoms with van der Waals surface area (Å²) in [5.74, 6) is -3.17. The third-order valence-corrected chi connectivity index (χ3v) is 10.5. The van der Waals surface area contributed by atoms with Crippen LogP contribution in [0, 0.1) is 12.7 Å². The summed E-state index contributed by atoms with van der Waals surface area (Å²) < 4.78 is 32.8. The number of alkyl carbamates (subject to hydrolysis) is 2. The van der Waals surface area contributed by atoms with E-state index in [1.165, 1.54) is 13.1 Å². The number of rotatable bonds is 13. The van der Waals surface area contributed by atoms with Crippen LogP contribution in [0.3, 0.4) is 0 Å². The molecule has 0 spiro atoms. The van der Waals surface area contributed by atoms with Crippen LogP contribution in [0.1, 0.15) is 46.2 Å². The number of aryl methyl sites for hydroxylation is 1. The zero-order valence-electron chi connectivity index (χ0n) is 34.5. The molecule has 0 radical (unpaired) electrons. The fraction of sp³-hybridized carbons (Fsp3) is 0.271. The molecule has 3 atom stereocenters. The number of carboxylic acid groups (broad SMARTS) is 1. The number of hydrogen-bond donors (Lipinski definition) is 4. The summed E-state index contributed by atoms with van der Waals surface area (Å²) in [5, 5.41) is 18.5. The first-order chi connectivity index (χ1) is 29.9. The summed E-state index contributed by atoms with van der Waals surface area (Å²) >= 11 is 0. The summed E-state index contributed by atoms with van der Waals surface area (Å²) in [6.45, 7) is 1.90. The van der Waals surface area contributed by atoms with E-state index in [-0.39, 0.29) is 57.6 Å². The fourth-order valence-corrected chi connectivity index (χ4v) is 7.10. The number of hydrogen-bond acceptors (Lipinski definition) is 8. The molecule has 0 saturated carbocycles. The third-order valence-electron chi connectivity index (χ3n) is 10.5. The maximum atomic E-state index is 15.7. The lowest BCUT2D eigenvalue weighted by Crippen LogP contribution is -2.57. The first kappa shape index (κ1) is 44.3. The second kappa shape index (κ2) is 21.3. The van der Waals surface area contributed by atoms with Crippen molar-refractivity contribution in [3.63, 3.8) is 0 Å². The molecule has 0 aromatic heterocycles. The summed E-state index contributed by atoms with van der Waals surface area (Å²) in [6, 6.07) is 31.5. The van der Waals surface area contributed by atoms with Gasteiger partial charge in [0.25, 0.3) is 0 Å². The van der Waals surface area contributed by atoms with Crippen molar-refractivity contribution < 1.29 is 47.7 Å². The van der Waals surface area contributed by atoms with Crippen LogP contribution < -0.4 is 20.7 Å². The lowest BCUT2D eigenvalue weighted by atomic mass is 9.92. The molecule has 13 nitrogen and oxygen atoms in total. The molecule has 4 N–H and O–H groups in total. The van der Waals surface area contributed by atoms with E-state index in [0.29, 0.717) is 33.6 Å². The molecule has 1 aliphatic heterocycles. The van der Waals surface area contributed by atoms with E-state index in [1.54, 1.807) is 55.5 Å². The fourth-order valence-electron chi connectivity index (χ4n) is 7.10. The van der Waals surface area contributed by atoms with Gasteiger partial charge in [-0.2, -0.15) is 0 Å². The number of carbonyl (C=O) groups is 5. The Balaban J connectivity index is 1.33. The van der Waals surface area contributed by atoms with Crippen molar-refractivity contribution in [1.82, 2.24) is 20.9 Å². The molecule has 0 aliphatic carbocycles. The molecular weight excluding hydrogens is 796 g/mol. The molecule has 322 valence electrons. The van der Waals surface area contributed by atoms with Crippen LogP contribution >= 0.6 is 0 Å². The van der Waals surface area contributed by atoms with Crippen LogP contribution in [0.4, 0.5) is 14.0 Å². The Morgan fingerprint density at radius 1 is 0.774 bits per heavy atom. The van der Waals surface area contributed by atoms with Gasteiger partial charge in [-0.25, -0.2) is 18.8 Å². The molecule has 62 heavy (non-hydrogen) atoms. The molecule has 1 heterocycles. The van der Waals surface area contributed by atoms with Crippen molar-refractivity contribution in [2.24, 2.45) is 0 Å². The van der Waals surface area contributed by atoms with Crippen LogP contribution in [-0.2, 0) is 56.5 Å². The van der Waals surface area contributed by atoms with Gasteiger partial charge in [0.05, 0.1) is 0 Å². The van der Waals surface area contributed by atoms with Crippen molar-refractivity contribution in [2.75, 3.05) is 13.6 Å². The number of likely N-dealkylation sites (N-methyl/N-ethyl adjacent to an activating group) is 1. The monoisotopic (exact) mass is 844 g/mol. The van der Waals surface area contributed by atoms with Gasteiger partial charge >= 0.3 is 18.2 Å². The van der Waals surface area contributed by atoms with Crippen LogP contribution in [0.2, 0.25) is 0 Å². The van der Waals surface area contributed by atoms with Gasteiger partial charge in [0.1, 0.15) is 49.5 Å². The van der Waals surface area contributed by atoms with Crippen LogP contribution in [-0.4, -0.2) is 71.7 Å². The minimum Gasteiger partial charge on any atom is -0.489 e. The number of aliphatic carboxylic acids is 1. The number of carbonyl (C=O) groups excluding carboxylic acids is 4. The number of carboxylic acids is 1. The van der Waals surface area contributed by atoms with Crippen LogP contribution in [0.25, 0.3) is 11.1 Å². The molecule has 4 amide bonds. The lowest BCUT2D eigenvalue weighted by molar-refractivity contribution is -0.150. The maximum absolute atomic E-state index is 15.7. The van der Waals surface area contributed by atoms with Gasteiger partial charge in [0, 0.05) is 26.4 Å². The van der Waals surface area contributed by atoms with Crippen LogP contribution in [0.5, 0.6) is 5.75 Å². The maximum Gasteiger partial charge on any atom is 0.408 e. The minimum atomic E-state index is -1.53. The Hall–Kier alpha value is -7.22. The van der Waals surface area contributed by atoms with Gasteiger partial charge in [-0.15, -0.1) is 0 Å². The number of fused-ring (bicyclic) bond motifs is 5. The highest BCUT2D eigenvalue weighted by Gasteiger charge is 2.35. The van der Waals surface area contributed by atoms with Gasteiger partial charge in [0.2, 0.25) is 11.8 Å². The van der Waals surface area contributed by atoms with Crippen LogP contribution in [0.15, 0.2) is 121 Å². The second-order valence-electron chi connectivity index (χ2n) is 15.0. The second-order valence-corrected chi connectivity index (χ2v) is 15.0. The Morgan fingerprint density at radius 2 is 1.37 bits per heavy atom. The Labute approximate surface area is 359 Å². The number of benzene rings is 5. The largest absolute Gasteiger partial charge is 0.489 e. The summed E-state index contributed by atoms with van der Waals surface area (Å²) in [6.07, 6.45) is -2.03. The van der Waals surface area contributed by atoms with Gasteiger partial charge < -0.3 is 40.2 Å². The van der Waals surface area contributed by atoms with E-state index in [9.17, 15) is 29.1 Å². The van der Waals surface area contributed by atoms with E-state index in [1.807, 2.05) is 66.7 Å². The highest BCUT2D eigenvalue weighted by Crippen LogP contribution is 2.33. The average Bonchev–Trinajstić information content (AvgIpc) is 3.28. The molecule has 6 rings (SSSR count). The highest BCUT2D eigenvalue weighted by atomic mass is 19.1. The SMILES string of the molecule is Cc1cc(F)c2cc1-c1ccc(OCc3ccccc3)c(c1)C[C@H](NC(=O)OCc1ccccc1)C(=O)N[C@@H](CCCNC(=O)OCc1ccccc1)C(=O)N(C)[C@H](C(=O)O)C2. The molecule has 14 heteroatoms. The van der Waals surface area contributed by atoms with Crippen molar-refractivity contribution in [1.29, 1.82) is 0 Å². The predicted molar refractivity (Wildman–Crippen MR) is 228 cm³/mol. The van der Waals surface area contributed by atoms with Gasteiger partial charge in [-0.05, 0) is 88.5 Å². The predicted octanol–water partition coefficient (Wildman–Crippen LogP) is 6.88. The Bertz CT molecular complexity index is 2350. The van der Waals surface area contributed by atoms with Crippen molar-refractivity contribution in [2.45, 2.75) is 70.6 Å². The first-order valence-electron chi connectivity index (χ1n) is 20.3. The number of halogens is 1. The first-order valence-corrected chi connectivity index (χ1v) is 20.3. The van der Waals surface area contributed by atoms with E-state index in [4.69, 9.17) is 14.2 Å². The number of nitrogens with one attached hydrogen (secondary N) is 3. The molecule has 5 aromatic carbocycles. The van der Waals surface area contributed by atoms with E-state index < -0.39 is 53.9 Å². The van der Waals surface area contributed by atoms with E-state index in [2.05, 4.69) is 16.0 Å². The molecule has 1 aliphatic rings. The van der Waals surface area contributed by atoms with Crippen molar-refractivity contribution >= 4 is 30.0 Å². The molecule has 5 aromatic rings. The quantitative estimate of drug-likeness (QED) is 0.0923. The molecule has 0 saturated heterocycles. The van der Waals surface area contributed by atoms with Gasteiger partial charge in [-0.3, -0.25) is 9.59 Å². The van der Waals surface area contributed by atoms with Gasteiger partial charge in [0.15, 0.2) is 0 Å². The molecule has 0 unspecified atom stereocenters. The summed E-state index contributed by atoms with van der Waals surface area (Å²) in [7, 11) is 1.28. The standard InChI is InChI=1S/C48H49FN4O9/c1-31-23-39(49)36-25-38(31)35-20-21-43(60-28-32-13-6-3-7-14-32)37(24-35)26-41(52-48(59)62-30-34-17-10-5-11-18-34)44(54)51-40(45(55)53(2)42(27-36)46(56)57)19-12-22-50-47(58)61-29-33-15-8-4-9-16-33/h3-11,13-18,20-21,23-25,40-42H,12,19,22,26-30H2,1-2H3,(H,50,58)(H,51,54)(H,52,59)(H,56,57)/t40-,41-,42-/m0/s1. The van der Waals surface area contributed by atoms with E-state index >= 15 is 4.39 Å². The Kier molecular flexibility index (Phi) is 15.3. The zero-order valence-corrected chi connectivity index (χ0v) is 34.5. The third kappa shape index (κ3) is 12.2. The summed E-state index contributed by atoms with van der Waals surface area (Å²) in [4.78, 5) is 68.5. The highest BCUT2D eigenvalue weighted by molar-refractivity contribution is 5.93. The number of ether oxygens (including phenoxy) is 3. The Morgan fingerprint density at radius 3 is 1.98 bits per heavy atom. The molecule has 4 bridgehead atoms.